The lowest BCUT2D eigenvalue weighted by Gasteiger charge is -2.45. The van der Waals surface area contributed by atoms with Gasteiger partial charge in [-0.05, 0) is 19.7 Å². The van der Waals surface area contributed by atoms with E-state index in [4.69, 9.17) is 26.3 Å². The Bertz CT molecular complexity index is 628. The molecule has 0 aromatic carbocycles. The molecular weight excluding hydrogens is 367 g/mol. The molecule has 0 aliphatic carbocycles. The minimum Gasteiger partial charge on any atom is -0.480 e. The van der Waals surface area contributed by atoms with E-state index in [1.165, 1.54) is 0 Å². The fourth-order valence-electron chi connectivity index (χ4n) is 3.27. The maximum atomic E-state index is 12.8. The number of hydrogen-bond donors (Lipinski definition) is 6. The number of ether oxygens (including phenoxy) is 1. The fraction of sp³-hybridized carbons (Fsp3) is 0.923. The van der Waals surface area contributed by atoms with Gasteiger partial charge in [0.25, 0.3) is 10.2 Å². The van der Waals surface area contributed by atoms with Gasteiger partial charge < -0.3 is 31.4 Å². The quantitative estimate of drug-likeness (QED) is 0.220. The molecule has 3 atom stereocenters. The van der Waals surface area contributed by atoms with Gasteiger partial charge in [0, 0.05) is 25.0 Å². The summed E-state index contributed by atoms with van der Waals surface area (Å²) >= 11 is 0. The van der Waals surface area contributed by atoms with Crippen molar-refractivity contribution in [3.05, 3.63) is 0 Å². The molecule has 0 amide bonds. The highest BCUT2D eigenvalue weighted by molar-refractivity contribution is 7.87. The summed E-state index contributed by atoms with van der Waals surface area (Å²) in [5, 5.41) is 27.4. The third-order valence-corrected chi connectivity index (χ3v) is 6.89. The monoisotopic (exact) mass is 394 g/mol. The predicted molar refractivity (Wildman–Crippen MR) is 93.1 cm³/mol. The van der Waals surface area contributed by atoms with Crippen molar-refractivity contribution >= 4 is 23.3 Å². The third kappa shape index (κ3) is 4.20. The zero-order valence-corrected chi connectivity index (χ0v) is 15.5. The Morgan fingerprint density at radius 2 is 2.08 bits per heavy atom. The highest BCUT2D eigenvalue weighted by atomic mass is 32.2. The van der Waals surface area contributed by atoms with Crippen LogP contribution in [0.3, 0.4) is 0 Å². The lowest BCUT2D eigenvalue weighted by Crippen LogP contribution is -2.71. The zero-order valence-electron chi connectivity index (χ0n) is 14.7. The average Bonchev–Trinajstić information content (AvgIpc) is 2.82. The minimum atomic E-state index is -4.02. The molecule has 0 bridgehead atoms. The summed E-state index contributed by atoms with van der Waals surface area (Å²) in [4.78, 5) is 11.7. The first kappa shape index (κ1) is 21.5. The molecule has 26 heavy (non-hydrogen) atoms. The van der Waals surface area contributed by atoms with Crippen LogP contribution in [0.5, 0.6) is 0 Å². The van der Waals surface area contributed by atoms with Crippen molar-refractivity contribution in [3.8, 4) is 0 Å². The molecule has 0 unspecified atom stereocenters. The molecule has 0 aromatic heterocycles. The van der Waals surface area contributed by atoms with Crippen molar-refractivity contribution in [2.24, 2.45) is 17.4 Å². The Labute approximate surface area is 153 Å². The van der Waals surface area contributed by atoms with Crippen LogP contribution in [0.25, 0.3) is 0 Å². The second-order valence-corrected chi connectivity index (χ2v) is 8.96. The molecule has 0 saturated carbocycles. The van der Waals surface area contributed by atoms with E-state index in [1.54, 1.807) is 6.92 Å². The van der Waals surface area contributed by atoms with Crippen molar-refractivity contribution in [2.75, 3.05) is 26.3 Å². The maximum Gasteiger partial charge on any atom is 0.451 e. The van der Waals surface area contributed by atoms with Gasteiger partial charge in [0.15, 0.2) is 0 Å². The van der Waals surface area contributed by atoms with E-state index in [-0.39, 0.29) is 39.0 Å². The smallest absolute Gasteiger partial charge is 0.451 e. The standard InChI is InChI=1S/C13H27BN4O7S/c1-9(15)12(7-25-8-12)17-26(23,24)18-5-10(3-2-4-14(21)22)13(16,6-18)11(19)20/h9-10,17,21-22H,2-8,15-16H2,1H3,(H,19,20)/t9-,10-,13-/m0/s1. The number of nitrogens with one attached hydrogen (secondary N) is 1. The summed E-state index contributed by atoms with van der Waals surface area (Å²) in [6, 6.07) is -0.488. The van der Waals surface area contributed by atoms with Crippen LogP contribution in [0.2, 0.25) is 6.32 Å². The van der Waals surface area contributed by atoms with Crippen LogP contribution in [-0.4, -0.2) is 84.4 Å². The number of nitrogens with two attached hydrogens (primary N) is 2. The molecule has 2 rings (SSSR count). The topological polar surface area (TPSA) is 188 Å². The first-order chi connectivity index (χ1) is 11.9. The number of carbonyl (C=O) groups is 1. The predicted octanol–water partition coefficient (Wildman–Crippen LogP) is -3.10. The lowest BCUT2D eigenvalue weighted by atomic mass is 9.78. The van der Waals surface area contributed by atoms with Crippen LogP contribution in [0.1, 0.15) is 19.8 Å². The highest BCUT2D eigenvalue weighted by Gasteiger charge is 2.54. The molecule has 2 saturated heterocycles. The summed E-state index contributed by atoms with van der Waals surface area (Å²) in [5.74, 6) is -1.95. The fourth-order valence-corrected chi connectivity index (χ4v) is 4.98. The number of rotatable bonds is 9. The first-order valence-electron chi connectivity index (χ1n) is 8.44. The molecule has 0 aromatic rings. The van der Waals surface area contributed by atoms with E-state index in [9.17, 15) is 18.3 Å². The number of aliphatic carboxylic acids is 1. The lowest BCUT2D eigenvalue weighted by molar-refractivity contribution is -0.144. The molecule has 13 heteroatoms. The van der Waals surface area contributed by atoms with Gasteiger partial charge >= 0.3 is 13.1 Å². The van der Waals surface area contributed by atoms with Gasteiger partial charge in [0.05, 0.1) is 18.8 Å². The Kier molecular flexibility index (Phi) is 6.35. The highest BCUT2D eigenvalue weighted by Crippen LogP contribution is 2.33. The van der Waals surface area contributed by atoms with Crippen molar-refractivity contribution in [1.29, 1.82) is 0 Å². The summed E-state index contributed by atoms with van der Waals surface area (Å²) in [5.41, 5.74) is 9.22. The van der Waals surface area contributed by atoms with Crippen LogP contribution in [-0.2, 0) is 19.7 Å². The summed E-state index contributed by atoms with van der Waals surface area (Å²) in [7, 11) is -5.52. The number of nitrogens with zero attached hydrogens (tertiary/aromatic N) is 1. The maximum absolute atomic E-state index is 12.8. The SMILES string of the molecule is C[C@H](N)C1(NS(=O)(=O)N2C[C@H](CCCB(O)O)[C@](N)(C(=O)O)C2)COC1. The summed E-state index contributed by atoms with van der Waals surface area (Å²) in [6.07, 6.45) is 0.629. The van der Waals surface area contributed by atoms with E-state index >= 15 is 0 Å². The van der Waals surface area contributed by atoms with E-state index in [0.29, 0.717) is 6.42 Å². The third-order valence-electron chi connectivity index (χ3n) is 5.27. The number of carboxylic acids is 1. The Morgan fingerprint density at radius 1 is 1.46 bits per heavy atom. The molecule has 0 spiro atoms. The summed E-state index contributed by atoms with van der Waals surface area (Å²) < 4.78 is 34.2. The van der Waals surface area contributed by atoms with E-state index < -0.39 is 46.3 Å². The normalized spacial score (nSPS) is 30.0. The van der Waals surface area contributed by atoms with Crippen molar-refractivity contribution in [3.63, 3.8) is 0 Å². The van der Waals surface area contributed by atoms with Gasteiger partial charge in [-0.25, -0.2) is 0 Å². The molecule has 11 nitrogen and oxygen atoms in total. The van der Waals surface area contributed by atoms with Gasteiger partial charge in [-0.15, -0.1) is 0 Å². The van der Waals surface area contributed by atoms with E-state index in [2.05, 4.69) is 4.72 Å². The molecule has 2 fully saturated rings. The van der Waals surface area contributed by atoms with Crippen LogP contribution < -0.4 is 16.2 Å². The second-order valence-electron chi connectivity index (χ2n) is 7.29. The number of carboxylic acid groups (broad SMARTS) is 1. The largest absolute Gasteiger partial charge is 0.480 e. The van der Waals surface area contributed by atoms with Crippen molar-refractivity contribution < 1.29 is 33.1 Å². The molecule has 0 radical (unpaired) electrons. The van der Waals surface area contributed by atoms with Crippen LogP contribution >= 0.6 is 0 Å². The first-order valence-corrected chi connectivity index (χ1v) is 9.88. The molecule has 2 aliphatic heterocycles. The van der Waals surface area contributed by atoms with Crippen LogP contribution in [0.4, 0.5) is 0 Å². The van der Waals surface area contributed by atoms with Gasteiger partial charge in [0.2, 0.25) is 0 Å². The molecule has 150 valence electrons. The second kappa shape index (κ2) is 7.68. The Hall–Kier alpha value is -0.795. The van der Waals surface area contributed by atoms with Gasteiger partial charge in [-0.3, -0.25) is 4.79 Å². The van der Waals surface area contributed by atoms with Crippen molar-refractivity contribution in [1.82, 2.24) is 9.03 Å². The van der Waals surface area contributed by atoms with E-state index in [1.807, 2.05) is 0 Å². The molecule has 2 aliphatic rings. The van der Waals surface area contributed by atoms with Gasteiger partial charge in [0.1, 0.15) is 5.54 Å². The Morgan fingerprint density at radius 3 is 2.50 bits per heavy atom. The van der Waals surface area contributed by atoms with Gasteiger partial charge in [-0.2, -0.15) is 17.4 Å². The zero-order chi connectivity index (χ0) is 19.8. The summed E-state index contributed by atoms with van der Waals surface area (Å²) in [6.45, 7) is 1.50. The molecular formula is C13H27BN4O7S. The molecule has 2 heterocycles. The average molecular weight is 394 g/mol. The van der Waals surface area contributed by atoms with Gasteiger partial charge in [-0.1, -0.05) is 6.42 Å². The number of hydrogen-bond acceptors (Lipinski definition) is 8. The van der Waals surface area contributed by atoms with Crippen LogP contribution in [0.15, 0.2) is 0 Å². The van der Waals surface area contributed by atoms with E-state index in [0.717, 1.165) is 4.31 Å². The Balaban J connectivity index is 2.13. The minimum absolute atomic E-state index is 0.0579. The van der Waals surface area contributed by atoms with Crippen molar-refractivity contribution in [2.45, 2.75) is 43.2 Å². The molecule has 8 N–H and O–H groups in total. The van der Waals surface area contributed by atoms with Crippen LogP contribution in [0, 0.1) is 5.92 Å².